The number of pyridine rings is 1. The van der Waals surface area contributed by atoms with Crippen molar-refractivity contribution in [3.63, 3.8) is 0 Å². The molecule has 0 unspecified atom stereocenters. The maximum absolute atomic E-state index is 4.28. The lowest BCUT2D eigenvalue weighted by Crippen LogP contribution is -2.01. The van der Waals surface area contributed by atoms with E-state index >= 15 is 0 Å². The third kappa shape index (κ3) is 3.16. The number of allylic oxidation sites excluding steroid dienone is 1. The van der Waals surface area contributed by atoms with E-state index in [1.54, 1.807) is 0 Å². The SMILES string of the molecule is CC(C)(C)C/C=C/c1cncc2ccccc12. The topological polar surface area (TPSA) is 12.9 Å². The summed E-state index contributed by atoms with van der Waals surface area (Å²) < 4.78 is 0. The van der Waals surface area contributed by atoms with Crippen LogP contribution in [0.3, 0.4) is 0 Å². The van der Waals surface area contributed by atoms with E-state index in [1.165, 1.54) is 16.3 Å². The first-order valence-electron chi connectivity index (χ1n) is 6.05. The minimum Gasteiger partial charge on any atom is -0.263 e. The van der Waals surface area contributed by atoms with Crippen molar-refractivity contribution in [1.82, 2.24) is 4.98 Å². The fourth-order valence-corrected chi connectivity index (χ4v) is 1.81. The molecule has 2 rings (SSSR count). The lowest BCUT2D eigenvalue weighted by molar-refractivity contribution is 0.421. The molecule has 0 aliphatic rings. The molecule has 0 radical (unpaired) electrons. The molecule has 0 fully saturated rings. The van der Waals surface area contributed by atoms with Crippen LogP contribution in [-0.2, 0) is 0 Å². The molecule has 17 heavy (non-hydrogen) atoms. The average Bonchev–Trinajstić information content (AvgIpc) is 2.28. The number of rotatable bonds is 2. The highest BCUT2D eigenvalue weighted by atomic mass is 14.6. The van der Waals surface area contributed by atoms with Gasteiger partial charge in [-0.15, -0.1) is 0 Å². The molecule has 1 heterocycles. The van der Waals surface area contributed by atoms with Gasteiger partial charge in [-0.2, -0.15) is 0 Å². The van der Waals surface area contributed by atoms with Crippen molar-refractivity contribution in [2.24, 2.45) is 5.41 Å². The average molecular weight is 225 g/mol. The smallest absolute Gasteiger partial charge is 0.0346 e. The lowest BCUT2D eigenvalue weighted by Gasteiger charge is -2.14. The van der Waals surface area contributed by atoms with Gasteiger partial charge in [-0.3, -0.25) is 4.98 Å². The molecule has 0 amide bonds. The van der Waals surface area contributed by atoms with Crippen molar-refractivity contribution < 1.29 is 0 Å². The normalized spacial score (nSPS) is 12.4. The van der Waals surface area contributed by atoms with E-state index in [0.717, 1.165) is 6.42 Å². The predicted molar refractivity (Wildman–Crippen MR) is 74.8 cm³/mol. The van der Waals surface area contributed by atoms with Gasteiger partial charge < -0.3 is 0 Å². The molecule has 0 saturated carbocycles. The van der Waals surface area contributed by atoms with E-state index in [1.807, 2.05) is 18.5 Å². The molecule has 0 aliphatic carbocycles. The second-order valence-electron chi connectivity index (χ2n) is 5.62. The Kier molecular flexibility index (Phi) is 3.28. The van der Waals surface area contributed by atoms with Crippen LogP contribution in [0.2, 0.25) is 0 Å². The molecule has 0 saturated heterocycles. The van der Waals surface area contributed by atoms with Crippen molar-refractivity contribution >= 4 is 16.8 Å². The van der Waals surface area contributed by atoms with Crippen molar-refractivity contribution in [1.29, 1.82) is 0 Å². The van der Waals surface area contributed by atoms with Gasteiger partial charge in [0.2, 0.25) is 0 Å². The Morgan fingerprint density at radius 3 is 2.65 bits per heavy atom. The predicted octanol–water partition coefficient (Wildman–Crippen LogP) is 4.68. The Hall–Kier alpha value is -1.63. The largest absolute Gasteiger partial charge is 0.263 e. The maximum atomic E-state index is 4.28. The Morgan fingerprint density at radius 1 is 1.12 bits per heavy atom. The van der Waals surface area contributed by atoms with E-state index in [4.69, 9.17) is 0 Å². The van der Waals surface area contributed by atoms with Gasteiger partial charge in [-0.05, 0) is 17.2 Å². The monoisotopic (exact) mass is 225 g/mol. The molecular formula is C16H19N. The maximum Gasteiger partial charge on any atom is 0.0346 e. The van der Waals surface area contributed by atoms with Gasteiger partial charge in [0, 0.05) is 23.3 Å². The van der Waals surface area contributed by atoms with Crippen molar-refractivity contribution in [2.75, 3.05) is 0 Å². The second kappa shape index (κ2) is 4.70. The highest BCUT2D eigenvalue weighted by molar-refractivity contribution is 5.89. The summed E-state index contributed by atoms with van der Waals surface area (Å²) in [6.45, 7) is 6.75. The second-order valence-corrected chi connectivity index (χ2v) is 5.62. The zero-order valence-corrected chi connectivity index (χ0v) is 10.8. The van der Waals surface area contributed by atoms with Crippen LogP contribution in [0.4, 0.5) is 0 Å². The molecule has 88 valence electrons. The fourth-order valence-electron chi connectivity index (χ4n) is 1.81. The molecule has 0 spiro atoms. The summed E-state index contributed by atoms with van der Waals surface area (Å²) in [5.74, 6) is 0. The van der Waals surface area contributed by atoms with Gasteiger partial charge in [0.05, 0.1) is 0 Å². The van der Waals surface area contributed by atoms with Gasteiger partial charge in [0.1, 0.15) is 0 Å². The zero-order valence-electron chi connectivity index (χ0n) is 10.8. The van der Waals surface area contributed by atoms with Crippen molar-refractivity contribution in [3.05, 3.63) is 48.3 Å². The Balaban J connectivity index is 2.30. The van der Waals surface area contributed by atoms with E-state index in [-0.39, 0.29) is 0 Å². The molecule has 0 aliphatic heterocycles. The molecule has 1 aromatic heterocycles. The van der Waals surface area contributed by atoms with Crippen LogP contribution < -0.4 is 0 Å². The van der Waals surface area contributed by atoms with Crippen LogP contribution in [0.15, 0.2) is 42.7 Å². The van der Waals surface area contributed by atoms with Crippen LogP contribution in [0.25, 0.3) is 16.8 Å². The quantitative estimate of drug-likeness (QED) is 0.723. The first-order chi connectivity index (χ1) is 8.06. The van der Waals surface area contributed by atoms with Gasteiger partial charge in [0.25, 0.3) is 0 Å². The number of aromatic nitrogens is 1. The zero-order chi connectivity index (χ0) is 12.3. The summed E-state index contributed by atoms with van der Waals surface area (Å²) in [5.41, 5.74) is 1.54. The Bertz CT molecular complexity index is 527. The number of fused-ring (bicyclic) bond motifs is 1. The summed E-state index contributed by atoms with van der Waals surface area (Å²) in [5, 5.41) is 2.47. The van der Waals surface area contributed by atoms with E-state index < -0.39 is 0 Å². The molecule has 1 heteroatoms. The van der Waals surface area contributed by atoms with Crippen molar-refractivity contribution in [3.8, 4) is 0 Å². The highest BCUT2D eigenvalue weighted by Gasteiger charge is 2.06. The number of hydrogen-bond acceptors (Lipinski definition) is 1. The minimum absolute atomic E-state index is 0.342. The molecule has 1 nitrogen and oxygen atoms in total. The van der Waals surface area contributed by atoms with Crippen LogP contribution in [-0.4, -0.2) is 4.98 Å². The van der Waals surface area contributed by atoms with Gasteiger partial charge >= 0.3 is 0 Å². The third-order valence-corrected chi connectivity index (χ3v) is 2.73. The third-order valence-electron chi connectivity index (χ3n) is 2.73. The highest BCUT2D eigenvalue weighted by Crippen LogP contribution is 2.22. The van der Waals surface area contributed by atoms with Crippen LogP contribution in [0.1, 0.15) is 32.8 Å². The van der Waals surface area contributed by atoms with E-state index in [2.05, 4.69) is 56.1 Å². The summed E-state index contributed by atoms with van der Waals surface area (Å²) in [4.78, 5) is 4.28. The first kappa shape index (κ1) is 11.8. The van der Waals surface area contributed by atoms with Gasteiger partial charge in [-0.1, -0.05) is 57.2 Å². The van der Waals surface area contributed by atoms with Crippen LogP contribution in [0, 0.1) is 5.41 Å². The minimum atomic E-state index is 0.342. The first-order valence-corrected chi connectivity index (χ1v) is 6.05. The van der Waals surface area contributed by atoms with Gasteiger partial charge in [0.15, 0.2) is 0 Å². The molecule has 0 N–H and O–H groups in total. The van der Waals surface area contributed by atoms with E-state index in [9.17, 15) is 0 Å². The molecule has 0 bridgehead atoms. The summed E-state index contributed by atoms with van der Waals surface area (Å²) in [6, 6.07) is 8.37. The summed E-state index contributed by atoms with van der Waals surface area (Å²) >= 11 is 0. The molecule has 1 aromatic carbocycles. The Labute approximate surface area is 103 Å². The summed E-state index contributed by atoms with van der Waals surface area (Å²) in [6.07, 6.45) is 9.35. The standard InChI is InChI=1S/C16H19N/c1-16(2,3)10-6-8-14-12-17-11-13-7-4-5-9-15(13)14/h4-9,11-12H,10H2,1-3H3/b8-6+. The van der Waals surface area contributed by atoms with E-state index in [0.29, 0.717) is 5.41 Å². The van der Waals surface area contributed by atoms with Crippen LogP contribution >= 0.6 is 0 Å². The molecular weight excluding hydrogens is 206 g/mol. The number of hydrogen-bond donors (Lipinski definition) is 0. The van der Waals surface area contributed by atoms with Crippen molar-refractivity contribution in [2.45, 2.75) is 27.2 Å². The van der Waals surface area contributed by atoms with Gasteiger partial charge in [-0.25, -0.2) is 0 Å². The molecule has 2 aromatic rings. The number of benzene rings is 1. The Morgan fingerprint density at radius 2 is 1.88 bits per heavy atom. The fraction of sp³-hybridized carbons (Fsp3) is 0.312. The molecule has 0 atom stereocenters. The summed E-state index contributed by atoms with van der Waals surface area (Å²) in [7, 11) is 0. The van der Waals surface area contributed by atoms with Crippen LogP contribution in [0.5, 0.6) is 0 Å². The number of nitrogens with zero attached hydrogens (tertiary/aromatic N) is 1. The lowest BCUT2D eigenvalue weighted by atomic mass is 9.92.